The average Bonchev–Trinajstić information content (AvgIpc) is 2.90. The maximum Gasteiger partial charge on any atom is 0.251 e. The number of halogens is 1. The van der Waals surface area contributed by atoms with Crippen LogP contribution in [0.5, 0.6) is 0 Å². The van der Waals surface area contributed by atoms with Gasteiger partial charge in [-0.2, -0.15) is 0 Å². The molecule has 1 saturated heterocycles. The van der Waals surface area contributed by atoms with Crippen LogP contribution in [0.3, 0.4) is 0 Å². The van der Waals surface area contributed by atoms with Crippen LogP contribution in [0.4, 0.5) is 5.69 Å². The minimum absolute atomic E-state index is 0. The molecule has 23 heavy (non-hydrogen) atoms. The van der Waals surface area contributed by atoms with Crippen LogP contribution >= 0.6 is 12.4 Å². The van der Waals surface area contributed by atoms with E-state index in [1.807, 2.05) is 20.8 Å². The molecule has 0 bridgehead atoms. The summed E-state index contributed by atoms with van der Waals surface area (Å²) in [6, 6.07) is 6.99. The summed E-state index contributed by atoms with van der Waals surface area (Å²) in [6.07, 6.45) is 1.60. The lowest BCUT2D eigenvalue weighted by Crippen LogP contribution is -2.40. The predicted molar refractivity (Wildman–Crippen MR) is 95.1 cm³/mol. The van der Waals surface area contributed by atoms with Crippen molar-refractivity contribution < 1.29 is 9.59 Å². The summed E-state index contributed by atoms with van der Waals surface area (Å²) in [5.41, 5.74) is 1.05. The van der Waals surface area contributed by atoms with Crippen molar-refractivity contribution in [2.45, 2.75) is 39.2 Å². The third kappa shape index (κ3) is 6.59. The van der Waals surface area contributed by atoms with Gasteiger partial charge in [-0.25, -0.2) is 0 Å². The smallest absolute Gasteiger partial charge is 0.251 e. The molecular weight excluding hydrogens is 314 g/mol. The molecule has 2 amide bonds. The summed E-state index contributed by atoms with van der Waals surface area (Å²) >= 11 is 0. The van der Waals surface area contributed by atoms with Gasteiger partial charge in [0, 0.05) is 23.2 Å². The summed E-state index contributed by atoms with van der Waals surface area (Å²) < 4.78 is 0. The van der Waals surface area contributed by atoms with Crippen LogP contribution in [0, 0.1) is 5.92 Å². The topological polar surface area (TPSA) is 70.2 Å². The highest BCUT2D eigenvalue weighted by Gasteiger charge is 2.18. The van der Waals surface area contributed by atoms with E-state index in [1.165, 1.54) is 0 Å². The first-order valence-electron chi connectivity index (χ1n) is 7.77. The van der Waals surface area contributed by atoms with Crippen LogP contribution in [-0.2, 0) is 4.79 Å². The molecule has 2 rings (SSSR count). The Morgan fingerprint density at radius 1 is 1.22 bits per heavy atom. The van der Waals surface area contributed by atoms with Gasteiger partial charge in [-0.05, 0) is 70.5 Å². The number of rotatable bonds is 4. The number of anilines is 1. The van der Waals surface area contributed by atoms with Gasteiger partial charge < -0.3 is 16.0 Å². The summed E-state index contributed by atoms with van der Waals surface area (Å²) in [4.78, 5) is 24.0. The molecule has 0 aromatic heterocycles. The normalized spacial score (nSPS) is 17.3. The molecule has 0 radical (unpaired) electrons. The molecule has 5 nitrogen and oxygen atoms in total. The maximum absolute atomic E-state index is 12.0. The van der Waals surface area contributed by atoms with Gasteiger partial charge in [0.1, 0.15) is 0 Å². The van der Waals surface area contributed by atoms with Gasteiger partial charge in [-0.15, -0.1) is 12.4 Å². The number of carbonyl (C=O) groups is 2. The number of hydrogen-bond donors (Lipinski definition) is 3. The third-order valence-electron chi connectivity index (χ3n) is 3.56. The highest BCUT2D eigenvalue weighted by atomic mass is 35.5. The standard InChI is InChI=1S/C17H25N3O2.ClH/c1-17(2,3)20-16(22)13-4-6-14(7-5-13)19-15(21)10-12-8-9-18-11-12;/h4-7,12,18H,8-11H2,1-3H3,(H,19,21)(H,20,22);1H. The number of amides is 2. The molecule has 128 valence electrons. The average molecular weight is 340 g/mol. The molecule has 0 spiro atoms. The zero-order valence-corrected chi connectivity index (χ0v) is 14.8. The van der Waals surface area contributed by atoms with E-state index in [9.17, 15) is 9.59 Å². The Morgan fingerprint density at radius 3 is 2.39 bits per heavy atom. The molecule has 1 unspecified atom stereocenters. The molecular formula is C17H26ClN3O2. The fourth-order valence-corrected chi connectivity index (χ4v) is 2.48. The van der Waals surface area contributed by atoms with Crippen molar-refractivity contribution in [1.29, 1.82) is 0 Å². The minimum atomic E-state index is -0.265. The summed E-state index contributed by atoms with van der Waals surface area (Å²) in [7, 11) is 0. The lowest BCUT2D eigenvalue weighted by atomic mass is 10.0. The second-order valence-electron chi connectivity index (χ2n) is 6.89. The van der Waals surface area contributed by atoms with Crippen molar-refractivity contribution in [2.24, 2.45) is 5.92 Å². The molecule has 3 N–H and O–H groups in total. The molecule has 1 atom stereocenters. The van der Waals surface area contributed by atoms with Crippen molar-refractivity contribution in [3.63, 3.8) is 0 Å². The van der Waals surface area contributed by atoms with Crippen molar-refractivity contribution >= 4 is 29.9 Å². The van der Waals surface area contributed by atoms with Crippen molar-refractivity contribution in [3.8, 4) is 0 Å². The fourth-order valence-electron chi connectivity index (χ4n) is 2.48. The van der Waals surface area contributed by atoms with E-state index in [2.05, 4.69) is 16.0 Å². The van der Waals surface area contributed by atoms with Crippen molar-refractivity contribution in [2.75, 3.05) is 18.4 Å². The Balaban J connectivity index is 0.00000264. The van der Waals surface area contributed by atoms with Gasteiger partial charge in [0.2, 0.25) is 5.91 Å². The highest BCUT2D eigenvalue weighted by molar-refractivity contribution is 5.96. The molecule has 6 heteroatoms. The van der Waals surface area contributed by atoms with Crippen LogP contribution in [0.2, 0.25) is 0 Å². The molecule has 1 heterocycles. The minimum Gasteiger partial charge on any atom is -0.347 e. The van der Waals surface area contributed by atoms with E-state index < -0.39 is 0 Å². The first-order chi connectivity index (χ1) is 10.3. The van der Waals surface area contributed by atoms with Crippen LogP contribution in [0.25, 0.3) is 0 Å². The van der Waals surface area contributed by atoms with Gasteiger partial charge in [0.05, 0.1) is 0 Å². The number of nitrogens with one attached hydrogen (secondary N) is 3. The van der Waals surface area contributed by atoms with Crippen molar-refractivity contribution in [3.05, 3.63) is 29.8 Å². The van der Waals surface area contributed by atoms with Crippen LogP contribution in [-0.4, -0.2) is 30.4 Å². The first-order valence-corrected chi connectivity index (χ1v) is 7.77. The van der Waals surface area contributed by atoms with E-state index in [0.717, 1.165) is 25.2 Å². The lowest BCUT2D eigenvalue weighted by Gasteiger charge is -2.20. The SMILES string of the molecule is CC(C)(C)NC(=O)c1ccc(NC(=O)CC2CCNC2)cc1.Cl. The van der Waals surface area contributed by atoms with E-state index in [0.29, 0.717) is 17.9 Å². The zero-order chi connectivity index (χ0) is 16.2. The van der Waals surface area contributed by atoms with Gasteiger partial charge in [0.25, 0.3) is 5.91 Å². The highest BCUT2D eigenvalue weighted by Crippen LogP contribution is 2.15. The van der Waals surface area contributed by atoms with E-state index in [-0.39, 0.29) is 29.8 Å². The summed E-state index contributed by atoms with van der Waals surface area (Å²) in [5, 5.41) is 9.05. The maximum atomic E-state index is 12.0. The second-order valence-corrected chi connectivity index (χ2v) is 6.89. The van der Waals surface area contributed by atoms with Crippen LogP contribution in [0.15, 0.2) is 24.3 Å². The summed E-state index contributed by atoms with van der Waals surface area (Å²) in [5.74, 6) is 0.347. The van der Waals surface area contributed by atoms with Crippen LogP contribution in [0.1, 0.15) is 44.0 Å². The molecule has 1 aliphatic heterocycles. The second kappa shape index (κ2) is 8.31. The van der Waals surface area contributed by atoms with Crippen LogP contribution < -0.4 is 16.0 Å². The Hall–Kier alpha value is -1.59. The fraction of sp³-hybridized carbons (Fsp3) is 0.529. The third-order valence-corrected chi connectivity index (χ3v) is 3.56. The zero-order valence-electron chi connectivity index (χ0n) is 13.9. The Morgan fingerprint density at radius 2 is 1.87 bits per heavy atom. The monoisotopic (exact) mass is 339 g/mol. The first kappa shape index (κ1) is 19.5. The lowest BCUT2D eigenvalue weighted by molar-refractivity contribution is -0.116. The Kier molecular flexibility index (Phi) is 7.03. The van der Waals surface area contributed by atoms with Gasteiger partial charge >= 0.3 is 0 Å². The molecule has 1 fully saturated rings. The molecule has 0 saturated carbocycles. The number of benzene rings is 1. The predicted octanol–water partition coefficient (Wildman–Crippen LogP) is 2.57. The Bertz CT molecular complexity index is 532. The number of hydrogen-bond acceptors (Lipinski definition) is 3. The molecule has 1 aliphatic rings. The molecule has 1 aromatic carbocycles. The number of carbonyl (C=O) groups excluding carboxylic acids is 2. The Labute approximate surface area is 144 Å². The largest absolute Gasteiger partial charge is 0.347 e. The van der Waals surface area contributed by atoms with E-state index in [1.54, 1.807) is 24.3 Å². The van der Waals surface area contributed by atoms with Gasteiger partial charge in [0.15, 0.2) is 0 Å². The van der Waals surface area contributed by atoms with E-state index >= 15 is 0 Å². The van der Waals surface area contributed by atoms with Gasteiger partial charge in [-0.1, -0.05) is 0 Å². The molecule has 0 aliphatic carbocycles. The van der Waals surface area contributed by atoms with E-state index in [4.69, 9.17) is 0 Å². The van der Waals surface area contributed by atoms with Gasteiger partial charge in [-0.3, -0.25) is 9.59 Å². The molecule has 1 aromatic rings. The quantitative estimate of drug-likeness (QED) is 0.789. The van der Waals surface area contributed by atoms with Crippen molar-refractivity contribution in [1.82, 2.24) is 10.6 Å². The summed E-state index contributed by atoms with van der Waals surface area (Å²) in [6.45, 7) is 7.74.